The van der Waals surface area contributed by atoms with Gasteiger partial charge >= 0.3 is 0 Å². The summed E-state index contributed by atoms with van der Waals surface area (Å²) >= 11 is 5.06. The first-order valence-corrected chi connectivity index (χ1v) is 6.43. The summed E-state index contributed by atoms with van der Waals surface area (Å²) in [7, 11) is 1.83. The van der Waals surface area contributed by atoms with Crippen molar-refractivity contribution in [3.63, 3.8) is 0 Å². The molecule has 0 atom stereocenters. The van der Waals surface area contributed by atoms with Crippen molar-refractivity contribution in [2.24, 2.45) is 0 Å². The highest BCUT2D eigenvalue weighted by atomic mass is 79.9. The van der Waals surface area contributed by atoms with Crippen molar-refractivity contribution in [1.29, 1.82) is 0 Å². The molecule has 0 radical (unpaired) electrons. The van der Waals surface area contributed by atoms with Gasteiger partial charge in [0.1, 0.15) is 0 Å². The van der Waals surface area contributed by atoms with E-state index in [1.807, 2.05) is 26.1 Å². The van der Waals surface area contributed by atoms with E-state index >= 15 is 0 Å². The molecule has 84 valence electrons. The maximum atomic E-state index is 11.6. The third kappa shape index (κ3) is 4.32. The molecule has 1 amide bonds. The van der Waals surface area contributed by atoms with Crippen molar-refractivity contribution < 1.29 is 4.79 Å². The summed E-state index contributed by atoms with van der Waals surface area (Å²) in [6.07, 6.45) is 0. The minimum Gasteiger partial charge on any atom is -0.340 e. The number of hydrogen-bond acceptors (Lipinski definition) is 3. The molecule has 3 nitrogen and oxygen atoms in total. The second-order valence-corrected chi connectivity index (χ2v) is 5.78. The molecule has 0 unspecified atom stereocenters. The van der Waals surface area contributed by atoms with Gasteiger partial charge in [-0.05, 0) is 34.6 Å². The summed E-state index contributed by atoms with van der Waals surface area (Å²) < 4.78 is 1.10. The number of nitrogens with one attached hydrogen (secondary N) is 1. The Labute approximate surface area is 103 Å². The van der Waals surface area contributed by atoms with E-state index in [0.29, 0.717) is 13.1 Å². The maximum absolute atomic E-state index is 11.6. The van der Waals surface area contributed by atoms with Gasteiger partial charge in [0.15, 0.2) is 0 Å². The van der Waals surface area contributed by atoms with Crippen LogP contribution in [0.5, 0.6) is 0 Å². The maximum Gasteiger partial charge on any atom is 0.236 e. The van der Waals surface area contributed by atoms with Gasteiger partial charge in [-0.2, -0.15) is 0 Å². The Morgan fingerprint density at radius 1 is 1.60 bits per heavy atom. The van der Waals surface area contributed by atoms with Crippen LogP contribution in [0, 0.1) is 0 Å². The number of carbonyl (C=O) groups is 1. The van der Waals surface area contributed by atoms with Gasteiger partial charge in [-0.3, -0.25) is 4.79 Å². The lowest BCUT2D eigenvalue weighted by atomic mass is 10.4. The fraction of sp³-hybridized carbons (Fsp3) is 0.500. The van der Waals surface area contributed by atoms with Crippen LogP contribution in [0.2, 0.25) is 0 Å². The number of rotatable bonds is 5. The zero-order valence-corrected chi connectivity index (χ0v) is 11.3. The number of halogens is 1. The van der Waals surface area contributed by atoms with Crippen molar-refractivity contribution >= 4 is 33.2 Å². The van der Waals surface area contributed by atoms with E-state index in [1.54, 1.807) is 16.2 Å². The van der Waals surface area contributed by atoms with Crippen molar-refractivity contribution in [3.05, 3.63) is 20.8 Å². The molecule has 0 bridgehead atoms. The third-order valence-corrected chi connectivity index (χ3v) is 3.58. The van der Waals surface area contributed by atoms with E-state index in [9.17, 15) is 4.79 Å². The average Bonchev–Trinajstić information content (AvgIpc) is 2.60. The first kappa shape index (κ1) is 12.7. The van der Waals surface area contributed by atoms with E-state index < -0.39 is 0 Å². The number of hydrogen-bond donors (Lipinski definition) is 1. The largest absolute Gasteiger partial charge is 0.340 e. The van der Waals surface area contributed by atoms with E-state index in [-0.39, 0.29) is 5.91 Å². The highest BCUT2D eigenvalue weighted by molar-refractivity contribution is 9.11. The fourth-order valence-corrected chi connectivity index (χ4v) is 2.66. The number of amides is 1. The minimum absolute atomic E-state index is 0.126. The SMILES string of the molecule is CCNCC(=O)N(C)Cc1ccc(Br)s1. The Kier molecular flexibility index (Phi) is 5.28. The molecule has 1 N–H and O–H groups in total. The molecule has 0 saturated carbocycles. The lowest BCUT2D eigenvalue weighted by molar-refractivity contribution is -0.129. The molecule has 1 aromatic heterocycles. The first-order valence-electron chi connectivity index (χ1n) is 4.82. The van der Waals surface area contributed by atoms with Gasteiger partial charge in [-0.1, -0.05) is 6.92 Å². The van der Waals surface area contributed by atoms with Crippen LogP contribution in [0.1, 0.15) is 11.8 Å². The van der Waals surface area contributed by atoms with Gasteiger partial charge in [0.25, 0.3) is 0 Å². The smallest absolute Gasteiger partial charge is 0.236 e. The molecule has 1 aromatic rings. The van der Waals surface area contributed by atoms with Crippen LogP contribution < -0.4 is 5.32 Å². The summed E-state index contributed by atoms with van der Waals surface area (Å²) in [6, 6.07) is 4.04. The molecule has 5 heteroatoms. The Morgan fingerprint density at radius 2 is 2.33 bits per heavy atom. The van der Waals surface area contributed by atoms with Gasteiger partial charge in [-0.25, -0.2) is 0 Å². The molecule has 0 aliphatic rings. The zero-order valence-electron chi connectivity index (χ0n) is 8.92. The molecule has 0 aromatic carbocycles. The molecule has 0 aliphatic heterocycles. The monoisotopic (exact) mass is 290 g/mol. The number of thiophene rings is 1. The van der Waals surface area contributed by atoms with Crippen LogP contribution in [0.25, 0.3) is 0 Å². The fourth-order valence-electron chi connectivity index (χ4n) is 1.13. The number of carbonyl (C=O) groups excluding carboxylic acids is 1. The predicted octanol–water partition coefficient (Wildman–Crippen LogP) is 2.08. The summed E-state index contributed by atoms with van der Waals surface area (Å²) in [6.45, 7) is 3.91. The van der Waals surface area contributed by atoms with Gasteiger partial charge < -0.3 is 10.2 Å². The standard InChI is InChI=1S/C10H15BrN2OS/c1-3-12-6-10(14)13(2)7-8-4-5-9(11)15-8/h4-5,12H,3,6-7H2,1-2H3. The third-order valence-electron chi connectivity index (χ3n) is 1.97. The molecule has 15 heavy (non-hydrogen) atoms. The summed E-state index contributed by atoms with van der Waals surface area (Å²) in [5.74, 6) is 0.126. The Hall–Kier alpha value is -0.390. The molecular formula is C10H15BrN2OS. The van der Waals surface area contributed by atoms with Crippen molar-refractivity contribution in [3.8, 4) is 0 Å². The highest BCUT2D eigenvalue weighted by Gasteiger charge is 2.09. The normalized spacial score (nSPS) is 10.3. The summed E-state index contributed by atoms with van der Waals surface area (Å²) in [5, 5.41) is 3.02. The molecule has 1 rings (SSSR count). The molecular weight excluding hydrogens is 276 g/mol. The van der Waals surface area contributed by atoms with Crippen molar-refractivity contribution in [2.75, 3.05) is 20.1 Å². The van der Waals surface area contributed by atoms with Gasteiger partial charge in [0, 0.05) is 11.9 Å². The molecule has 1 heterocycles. The molecule has 0 aliphatic carbocycles. The molecule has 0 fully saturated rings. The second kappa shape index (κ2) is 6.25. The van der Waals surface area contributed by atoms with E-state index in [4.69, 9.17) is 0 Å². The quantitative estimate of drug-likeness (QED) is 0.901. The Morgan fingerprint density at radius 3 is 2.87 bits per heavy atom. The topological polar surface area (TPSA) is 32.3 Å². The van der Waals surface area contributed by atoms with E-state index in [1.165, 1.54) is 4.88 Å². The molecule has 0 spiro atoms. The van der Waals surface area contributed by atoms with Crippen LogP contribution in [0.3, 0.4) is 0 Å². The van der Waals surface area contributed by atoms with Crippen LogP contribution in [-0.4, -0.2) is 30.9 Å². The Bertz CT molecular complexity index is 327. The van der Waals surface area contributed by atoms with E-state index in [2.05, 4.69) is 21.2 Å². The van der Waals surface area contributed by atoms with Crippen LogP contribution in [-0.2, 0) is 11.3 Å². The second-order valence-electron chi connectivity index (χ2n) is 3.24. The van der Waals surface area contributed by atoms with Gasteiger partial charge in [0.2, 0.25) is 5.91 Å². The van der Waals surface area contributed by atoms with E-state index in [0.717, 1.165) is 10.3 Å². The van der Waals surface area contributed by atoms with Crippen LogP contribution in [0.4, 0.5) is 0 Å². The number of nitrogens with zero attached hydrogens (tertiary/aromatic N) is 1. The van der Waals surface area contributed by atoms with Crippen molar-refractivity contribution in [2.45, 2.75) is 13.5 Å². The number of likely N-dealkylation sites (N-methyl/N-ethyl adjacent to an activating group) is 2. The van der Waals surface area contributed by atoms with Crippen LogP contribution in [0.15, 0.2) is 15.9 Å². The van der Waals surface area contributed by atoms with Gasteiger partial charge in [-0.15, -0.1) is 11.3 Å². The lowest BCUT2D eigenvalue weighted by Gasteiger charge is -2.16. The summed E-state index contributed by atoms with van der Waals surface area (Å²) in [4.78, 5) is 14.5. The summed E-state index contributed by atoms with van der Waals surface area (Å²) in [5.41, 5.74) is 0. The minimum atomic E-state index is 0.126. The molecule has 0 saturated heterocycles. The lowest BCUT2D eigenvalue weighted by Crippen LogP contribution is -2.34. The Balaban J connectivity index is 2.41. The first-order chi connectivity index (χ1) is 7.13. The van der Waals surface area contributed by atoms with Crippen LogP contribution >= 0.6 is 27.3 Å². The zero-order chi connectivity index (χ0) is 11.3. The van der Waals surface area contributed by atoms with Gasteiger partial charge in [0.05, 0.1) is 16.9 Å². The predicted molar refractivity (Wildman–Crippen MR) is 67.0 cm³/mol. The van der Waals surface area contributed by atoms with Crippen molar-refractivity contribution in [1.82, 2.24) is 10.2 Å². The average molecular weight is 291 g/mol. The highest BCUT2D eigenvalue weighted by Crippen LogP contribution is 2.22.